The summed E-state index contributed by atoms with van der Waals surface area (Å²) >= 11 is 0. The summed E-state index contributed by atoms with van der Waals surface area (Å²) in [5.74, 6) is 2.02. The molecular weight excluding hydrogens is 420 g/mol. The van der Waals surface area contributed by atoms with Crippen LogP contribution >= 0.6 is 0 Å². The van der Waals surface area contributed by atoms with E-state index in [-0.39, 0.29) is 12.7 Å². The fourth-order valence-corrected chi connectivity index (χ4v) is 4.13. The molecule has 33 heavy (non-hydrogen) atoms. The van der Waals surface area contributed by atoms with Crippen LogP contribution in [0.1, 0.15) is 21.9 Å². The Kier molecular flexibility index (Phi) is 4.64. The smallest absolute Gasteiger partial charge is 0.272 e. The highest BCUT2D eigenvalue weighted by Crippen LogP contribution is 2.36. The van der Waals surface area contributed by atoms with Crippen molar-refractivity contribution in [3.05, 3.63) is 83.9 Å². The normalized spacial score (nSPS) is 12.5. The maximum absolute atomic E-state index is 13.0. The molecule has 0 atom stereocenters. The summed E-state index contributed by atoms with van der Waals surface area (Å²) in [6.45, 7) is 1.10. The van der Waals surface area contributed by atoms with E-state index < -0.39 is 0 Å². The van der Waals surface area contributed by atoms with Gasteiger partial charge in [0.2, 0.25) is 6.79 Å². The summed E-state index contributed by atoms with van der Waals surface area (Å²) in [5, 5.41) is 16.8. The largest absolute Gasteiger partial charge is 0.454 e. The van der Waals surface area contributed by atoms with Crippen molar-refractivity contribution in [1.29, 1.82) is 0 Å². The lowest BCUT2D eigenvalue weighted by Crippen LogP contribution is -2.27. The molecule has 9 heteroatoms. The van der Waals surface area contributed by atoms with Gasteiger partial charge in [-0.05, 0) is 24.3 Å². The minimum Gasteiger partial charge on any atom is -0.454 e. The zero-order valence-corrected chi connectivity index (χ0v) is 17.6. The predicted octanol–water partition coefficient (Wildman–Crippen LogP) is 2.83. The van der Waals surface area contributed by atoms with Crippen molar-refractivity contribution in [2.75, 3.05) is 13.3 Å². The van der Waals surface area contributed by atoms with Gasteiger partial charge in [-0.25, -0.2) is 0 Å². The molecule has 0 fully saturated rings. The summed E-state index contributed by atoms with van der Waals surface area (Å²) < 4.78 is 14.9. The molecule has 2 aromatic carbocycles. The van der Waals surface area contributed by atoms with Crippen molar-refractivity contribution in [2.45, 2.75) is 13.0 Å². The number of hydrogen-bond acceptors (Lipinski definition) is 6. The molecule has 0 spiro atoms. The van der Waals surface area contributed by atoms with Crippen LogP contribution in [0.2, 0.25) is 0 Å². The Bertz CT molecular complexity index is 1490. The number of nitrogens with zero attached hydrogens (tertiary/aromatic N) is 5. The molecule has 1 amide bonds. The molecule has 0 bridgehead atoms. The van der Waals surface area contributed by atoms with Gasteiger partial charge in [0.1, 0.15) is 5.82 Å². The molecule has 1 N–H and O–H groups in total. The highest BCUT2D eigenvalue weighted by molar-refractivity contribution is 6.04. The van der Waals surface area contributed by atoms with Gasteiger partial charge in [0.25, 0.3) is 5.91 Å². The summed E-state index contributed by atoms with van der Waals surface area (Å²) in [7, 11) is 0. The van der Waals surface area contributed by atoms with E-state index in [1.165, 1.54) is 0 Å². The van der Waals surface area contributed by atoms with Crippen LogP contribution in [0, 0.1) is 0 Å². The van der Waals surface area contributed by atoms with Crippen LogP contribution < -0.4 is 14.8 Å². The topological polar surface area (TPSA) is 95.6 Å². The van der Waals surface area contributed by atoms with Crippen molar-refractivity contribution < 1.29 is 14.3 Å². The van der Waals surface area contributed by atoms with Crippen molar-refractivity contribution in [2.24, 2.45) is 0 Å². The first-order valence-corrected chi connectivity index (χ1v) is 10.7. The molecule has 0 saturated carbocycles. The summed E-state index contributed by atoms with van der Waals surface area (Å²) in [6.07, 6.45) is 2.47. The molecule has 6 rings (SSSR count). The van der Waals surface area contributed by atoms with Gasteiger partial charge in [-0.15, -0.1) is 10.2 Å². The van der Waals surface area contributed by atoms with Crippen molar-refractivity contribution in [3.8, 4) is 11.5 Å². The Labute approximate surface area is 188 Å². The van der Waals surface area contributed by atoms with E-state index in [9.17, 15) is 4.79 Å². The SMILES string of the molecule is O=C(NCCc1nnc2ccccn12)c1nn(Cc2cccc3c2OCO3)c2ccccc12. The number of rotatable bonds is 6. The minimum atomic E-state index is -0.225. The van der Waals surface area contributed by atoms with Gasteiger partial charge in [0.05, 0.1) is 12.1 Å². The summed E-state index contributed by atoms with van der Waals surface area (Å²) in [4.78, 5) is 13.0. The number of ether oxygens (including phenoxy) is 2. The minimum absolute atomic E-state index is 0.210. The van der Waals surface area contributed by atoms with Gasteiger partial charge in [-0.3, -0.25) is 13.9 Å². The number of carbonyl (C=O) groups excluding carboxylic acids is 1. The van der Waals surface area contributed by atoms with Gasteiger partial charge in [-0.1, -0.05) is 36.4 Å². The molecule has 4 heterocycles. The number of amides is 1. The van der Waals surface area contributed by atoms with E-state index >= 15 is 0 Å². The Balaban J connectivity index is 1.23. The van der Waals surface area contributed by atoms with E-state index in [0.29, 0.717) is 25.2 Å². The third-order valence-electron chi connectivity index (χ3n) is 5.69. The molecule has 0 aliphatic carbocycles. The standard InChI is InChI=1S/C24H20N6O3/c31-24(25-12-11-21-27-26-20-10-3-4-13-29(20)21)22-17-7-1-2-8-18(17)30(28-22)14-16-6-5-9-19-23(16)33-15-32-19/h1-10,13H,11-12,14-15H2,(H,25,31). The Morgan fingerprint density at radius 3 is 2.88 bits per heavy atom. The monoisotopic (exact) mass is 440 g/mol. The number of carbonyl (C=O) groups is 1. The van der Waals surface area contributed by atoms with E-state index in [1.54, 1.807) is 0 Å². The molecule has 1 aliphatic rings. The third-order valence-corrected chi connectivity index (χ3v) is 5.69. The maximum Gasteiger partial charge on any atom is 0.272 e. The lowest BCUT2D eigenvalue weighted by atomic mass is 10.1. The highest BCUT2D eigenvalue weighted by atomic mass is 16.7. The van der Waals surface area contributed by atoms with E-state index in [0.717, 1.165) is 39.4 Å². The van der Waals surface area contributed by atoms with Crippen molar-refractivity contribution >= 4 is 22.5 Å². The average Bonchev–Trinajstić information content (AvgIpc) is 3.57. The number of fused-ring (bicyclic) bond motifs is 3. The first-order valence-electron chi connectivity index (χ1n) is 10.7. The number of nitrogens with one attached hydrogen (secondary N) is 1. The molecule has 0 saturated heterocycles. The molecule has 3 aromatic heterocycles. The average molecular weight is 440 g/mol. The van der Waals surface area contributed by atoms with Crippen LogP contribution in [0.3, 0.4) is 0 Å². The van der Waals surface area contributed by atoms with Gasteiger partial charge in [0.15, 0.2) is 22.8 Å². The van der Waals surface area contributed by atoms with Crippen LogP contribution in [0.25, 0.3) is 16.6 Å². The van der Waals surface area contributed by atoms with Gasteiger partial charge in [-0.2, -0.15) is 5.10 Å². The second-order valence-electron chi connectivity index (χ2n) is 7.73. The van der Waals surface area contributed by atoms with Crippen LogP contribution in [0.15, 0.2) is 66.9 Å². The van der Waals surface area contributed by atoms with E-state index in [2.05, 4.69) is 20.6 Å². The zero-order chi connectivity index (χ0) is 22.2. The number of para-hydroxylation sites is 2. The van der Waals surface area contributed by atoms with Crippen LogP contribution in [-0.4, -0.2) is 43.6 Å². The number of pyridine rings is 1. The number of hydrogen-bond donors (Lipinski definition) is 1. The van der Waals surface area contributed by atoms with Gasteiger partial charge < -0.3 is 14.8 Å². The molecule has 0 radical (unpaired) electrons. The fourth-order valence-electron chi connectivity index (χ4n) is 4.13. The zero-order valence-electron chi connectivity index (χ0n) is 17.6. The molecule has 5 aromatic rings. The van der Waals surface area contributed by atoms with Gasteiger partial charge >= 0.3 is 0 Å². The van der Waals surface area contributed by atoms with Crippen molar-refractivity contribution in [1.82, 2.24) is 29.7 Å². The number of benzene rings is 2. The van der Waals surface area contributed by atoms with Crippen molar-refractivity contribution in [3.63, 3.8) is 0 Å². The maximum atomic E-state index is 13.0. The lowest BCUT2D eigenvalue weighted by Gasteiger charge is -2.07. The molecule has 1 aliphatic heterocycles. The second kappa shape index (κ2) is 7.94. The van der Waals surface area contributed by atoms with Crippen LogP contribution in [-0.2, 0) is 13.0 Å². The fraction of sp³-hybridized carbons (Fsp3) is 0.167. The summed E-state index contributed by atoms with van der Waals surface area (Å²) in [5.41, 5.74) is 3.00. The quantitative estimate of drug-likeness (QED) is 0.436. The van der Waals surface area contributed by atoms with Crippen LogP contribution in [0.5, 0.6) is 11.5 Å². The van der Waals surface area contributed by atoms with E-state index in [4.69, 9.17) is 9.47 Å². The first kappa shape index (κ1) is 19.3. The predicted molar refractivity (Wildman–Crippen MR) is 120 cm³/mol. The van der Waals surface area contributed by atoms with Crippen LogP contribution in [0.4, 0.5) is 0 Å². The molecule has 0 unspecified atom stereocenters. The Morgan fingerprint density at radius 1 is 1.00 bits per heavy atom. The Hall–Kier alpha value is -4.40. The lowest BCUT2D eigenvalue weighted by molar-refractivity contribution is 0.0949. The summed E-state index contributed by atoms with van der Waals surface area (Å²) in [6, 6.07) is 19.2. The third kappa shape index (κ3) is 3.43. The molecular formula is C24H20N6O3. The second-order valence-corrected chi connectivity index (χ2v) is 7.73. The Morgan fingerprint density at radius 2 is 1.91 bits per heavy atom. The molecule has 164 valence electrons. The number of aromatic nitrogens is 5. The highest BCUT2D eigenvalue weighted by Gasteiger charge is 2.21. The van der Waals surface area contributed by atoms with E-state index in [1.807, 2.05) is 75.9 Å². The molecule has 9 nitrogen and oxygen atoms in total. The van der Waals surface area contributed by atoms with Gasteiger partial charge in [0, 0.05) is 30.1 Å². The first-order chi connectivity index (χ1) is 16.3.